The van der Waals surface area contributed by atoms with Gasteiger partial charge in [-0.15, -0.1) is 0 Å². The van der Waals surface area contributed by atoms with E-state index in [1.54, 1.807) is 6.20 Å². The van der Waals surface area contributed by atoms with E-state index >= 15 is 0 Å². The summed E-state index contributed by atoms with van der Waals surface area (Å²) in [5, 5.41) is 18.0. The maximum Gasteiger partial charge on any atom is 0.308 e. The van der Waals surface area contributed by atoms with Crippen LogP contribution in [0.3, 0.4) is 0 Å². The Kier molecular flexibility index (Phi) is 2.40. The molecule has 2 atom stereocenters. The molecule has 15 heavy (non-hydrogen) atoms. The topological polar surface area (TPSA) is 95.1 Å². The van der Waals surface area contributed by atoms with E-state index in [0.29, 0.717) is 12.0 Å². The van der Waals surface area contributed by atoms with E-state index in [2.05, 4.69) is 15.5 Å². The molecule has 2 heterocycles. The zero-order valence-corrected chi connectivity index (χ0v) is 7.93. The molecular formula is C9H11N3O3. The quantitative estimate of drug-likeness (QED) is 0.641. The molecule has 2 unspecified atom stereocenters. The number of carbonyl (C=O) groups excluding carboxylic acids is 1. The Balaban J connectivity index is 2.24. The Bertz CT molecular complexity index is 374. The maximum atomic E-state index is 11.2. The Morgan fingerprint density at radius 2 is 2.40 bits per heavy atom. The van der Waals surface area contributed by atoms with E-state index in [9.17, 15) is 9.59 Å². The summed E-state index contributed by atoms with van der Waals surface area (Å²) in [4.78, 5) is 22.2. The highest BCUT2D eigenvalue weighted by molar-refractivity contribution is 5.81. The second-order valence-corrected chi connectivity index (χ2v) is 3.56. The molecule has 1 amide bonds. The van der Waals surface area contributed by atoms with Crippen molar-refractivity contribution in [1.82, 2.24) is 15.5 Å². The van der Waals surface area contributed by atoms with Gasteiger partial charge in [0.1, 0.15) is 0 Å². The van der Waals surface area contributed by atoms with Crippen molar-refractivity contribution < 1.29 is 14.7 Å². The third-order valence-electron chi connectivity index (χ3n) is 2.60. The zero-order valence-electron chi connectivity index (χ0n) is 7.93. The number of nitrogens with zero attached hydrogens (tertiary/aromatic N) is 1. The Labute approximate surface area is 85.7 Å². The third-order valence-corrected chi connectivity index (χ3v) is 2.60. The van der Waals surface area contributed by atoms with Crippen LogP contribution in [0, 0.1) is 5.92 Å². The summed E-state index contributed by atoms with van der Waals surface area (Å²) in [6.45, 7) is 0. The van der Waals surface area contributed by atoms with Gasteiger partial charge < -0.3 is 10.4 Å². The van der Waals surface area contributed by atoms with Crippen LogP contribution in [0.15, 0.2) is 12.4 Å². The first-order valence-corrected chi connectivity index (χ1v) is 4.69. The molecule has 6 nitrogen and oxygen atoms in total. The fourth-order valence-electron chi connectivity index (χ4n) is 1.81. The van der Waals surface area contributed by atoms with Gasteiger partial charge in [-0.2, -0.15) is 5.10 Å². The lowest BCUT2D eigenvalue weighted by Gasteiger charge is -2.28. The number of carbonyl (C=O) groups is 2. The molecule has 0 radical (unpaired) electrons. The zero-order chi connectivity index (χ0) is 10.8. The summed E-state index contributed by atoms with van der Waals surface area (Å²) in [5.41, 5.74) is 0.704. The van der Waals surface area contributed by atoms with Gasteiger partial charge in [0.25, 0.3) is 0 Å². The summed E-state index contributed by atoms with van der Waals surface area (Å²) >= 11 is 0. The van der Waals surface area contributed by atoms with Crippen LogP contribution in [-0.4, -0.2) is 27.2 Å². The fraction of sp³-hybridized carbons (Fsp3) is 0.444. The first-order chi connectivity index (χ1) is 7.18. The first kappa shape index (κ1) is 9.70. The van der Waals surface area contributed by atoms with Gasteiger partial charge in [-0.05, 0) is 6.42 Å². The molecule has 1 saturated heterocycles. The number of hydrogen-bond acceptors (Lipinski definition) is 3. The highest BCUT2D eigenvalue weighted by atomic mass is 16.4. The summed E-state index contributed by atoms with van der Waals surface area (Å²) < 4.78 is 0. The molecule has 1 fully saturated rings. The molecule has 1 aliphatic heterocycles. The van der Waals surface area contributed by atoms with Gasteiger partial charge in [0.15, 0.2) is 0 Å². The standard InChI is InChI=1S/C9H11N3O3/c13-7-2-1-6(9(14)15)8(12-7)5-3-10-11-4-5/h3-4,6,8H,1-2H2,(H,10,11)(H,12,13)(H,14,15). The van der Waals surface area contributed by atoms with E-state index in [-0.39, 0.29) is 12.3 Å². The minimum Gasteiger partial charge on any atom is -0.481 e. The minimum atomic E-state index is -0.888. The number of aromatic amines is 1. The van der Waals surface area contributed by atoms with Crippen molar-refractivity contribution in [3.8, 4) is 0 Å². The van der Waals surface area contributed by atoms with Crippen molar-refractivity contribution in [3.63, 3.8) is 0 Å². The number of amides is 1. The van der Waals surface area contributed by atoms with Crippen LogP contribution in [0.4, 0.5) is 0 Å². The predicted molar refractivity (Wildman–Crippen MR) is 49.8 cm³/mol. The number of hydrogen-bond donors (Lipinski definition) is 3. The SMILES string of the molecule is O=C1CCC(C(=O)O)C(c2cn[nH]c2)N1. The van der Waals surface area contributed by atoms with E-state index in [1.165, 1.54) is 6.20 Å². The van der Waals surface area contributed by atoms with Crippen molar-refractivity contribution in [2.45, 2.75) is 18.9 Å². The highest BCUT2D eigenvalue weighted by Crippen LogP contribution is 2.29. The first-order valence-electron chi connectivity index (χ1n) is 4.69. The molecule has 6 heteroatoms. The van der Waals surface area contributed by atoms with Crippen LogP contribution in [0.5, 0.6) is 0 Å². The molecule has 0 spiro atoms. The second-order valence-electron chi connectivity index (χ2n) is 3.56. The van der Waals surface area contributed by atoms with Crippen molar-refractivity contribution in [3.05, 3.63) is 18.0 Å². The molecule has 1 aromatic rings. The summed E-state index contributed by atoms with van der Waals surface area (Å²) in [7, 11) is 0. The van der Waals surface area contributed by atoms with E-state index in [4.69, 9.17) is 5.11 Å². The number of aromatic nitrogens is 2. The lowest BCUT2D eigenvalue weighted by Crippen LogP contribution is -2.41. The molecule has 0 saturated carbocycles. The molecule has 1 aromatic heterocycles. The lowest BCUT2D eigenvalue weighted by molar-refractivity contribution is -0.145. The number of carboxylic acids is 1. The Hall–Kier alpha value is -1.85. The summed E-state index contributed by atoms with van der Waals surface area (Å²) in [6, 6.07) is -0.470. The van der Waals surface area contributed by atoms with Crippen LogP contribution >= 0.6 is 0 Å². The van der Waals surface area contributed by atoms with Gasteiger partial charge in [0.05, 0.1) is 18.2 Å². The molecule has 80 valence electrons. The summed E-state index contributed by atoms with van der Waals surface area (Å²) in [5.74, 6) is -1.57. The third kappa shape index (κ3) is 1.83. The Morgan fingerprint density at radius 1 is 1.60 bits per heavy atom. The molecule has 2 rings (SSSR count). The highest BCUT2D eigenvalue weighted by Gasteiger charge is 2.35. The number of aliphatic carboxylic acids is 1. The van der Waals surface area contributed by atoms with Gasteiger partial charge in [0.2, 0.25) is 5.91 Å². The predicted octanol–water partition coefficient (Wildman–Crippen LogP) is 0.0616. The second kappa shape index (κ2) is 3.72. The molecule has 1 aliphatic rings. The normalized spacial score (nSPS) is 26.0. The lowest BCUT2D eigenvalue weighted by atomic mass is 9.87. The largest absolute Gasteiger partial charge is 0.481 e. The average Bonchev–Trinajstić information content (AvgIpc) is 2.69. The van der Waals surface area contributed by atoms with Crippen LogP contribution in [-0.2, 0) is 9.59 Å². The number of piperidine rings is 1. The molecule has 0 aliphatic carbocycles. The maximum absolute atomic E-state index is 11.2. The van der Waals surface area contributed by atoms with E-state index in [1.807, 2.05) is 0 Å². The number of H-pyrrole nitrogens is 1. The van der Waals surface area contributed by atoms with Crippen molar-refractivity contribution in [2.24, 2.45) is 5.92 Å². The van der Waals surface area contributed by atoms with Crippen molar-refractivity contribution in [1.29, 1.82) is 0 Å². The number of nitrogens with one attached hydrogen (secondary N) is 2. The average molecular weight is 209 g/mol. The fourth-order valence-corrected chi connectivity index (χ4v) is 1.81. The number of rotatable bonds is 2. The van der Waals surface area contributed by atoms with Crippen molar-refractivity contribution in [2.75, 3.05) is 0 Å². The van der Waals surface area contributed by atoms with Gasteiger partial charge in [0, 0.05) is 18.2 Å². The molecule has 3 N–H and O–H groups in total. The van der Waals surface area contributed by atoms with Gasteiger partial charge in [-0.1, -0.05) is 0 Å². The summed E-state index contributed by atoms with van der Waals surface area (Å²) in [6.07, 6.45) is 3.78. The Morgan fingerprint density at radius 3 is 3.00 bits per heavy atom. The molecular weight excluding hydrogens is 198 g/mol. The van der Waals surface area contributed by atoms with Crippen LogP contribution in [0.1, 0.15) is 24.4 Å². The molecule has 0 bridgehead atoms. The van der Waals surface area contributed by atoms with Crippen LogP contribution in [0.25, 0.3) is 0 Å². The van der Waals surface area contributed by atoms with Crippen LogP contribution < -0.4 is 5.32 Å². The minimum absolute atomic E-state index is 0.112. The van der Waals surface area contributed by atoms with Crippen molar-refractivity contribution >= 4 is 11.9 Å². The van der Waals surface area contributed by atoms with Crippen LogP contribution in [0.2, 0.25) is 0 Å². The monoisotopic (exact) mass is 209 g/mol. The van der Waals surface area contributed by atoms with E-state index in [0.717, 1.165) is 0 Å². The van der Waals surface area contributed by atoms with Gasteiger partial charge in [-0.3, -0.25) is 14.7 Å². The van der Waals surface area contributed by atoms with Gasteiger partial charge >= 0.3 is 5.97 Å². The van der Waals surface area contributed by atoms with E-state index < -0.39 is 17.9 Å². The molecule has 0 aromatic carbocycles. The smallest absolute Gasteiger partial charge is 0.308 e. The number of carboxylic acid groups (broad SMARTS) is 1. The van der Waals surface area contributed by atoms with Gasteiger partial charge in [-0.25, -0.2) is 0 Å².